The van der Waals surface area contributed by atoms with Crippen molar-refractivity contribution in [1.82, 2.24) is 10.2 Å². The lowest BCUT2D eigenvalue weighted by Gasteiger charge is -2.03. The van der Waals surface area contributed by atoms with Gasteiger partial charge < -0.3 is 14.2 Å². The van der Waals surface area contributed by atoms with Crippen molar-refractivity contribution in [1.29, 1.82) is 5.26 Å². The molecule has 0 fully saturated rings. The van der Waals surface area contributed by atoms with Crippen LogP contribution in [0.25, 0.3) is 11.7 Å². The summed E-state index contributed by atoms with van der Waals surface area (Å²) in [5.41, 5.74) is 1.16. The molecule has 7 nitrogen and oxygen atoms in total. The largest absolute Gasteiger partial charge is 0.459 e. The summed E-state index contributed by atoms with van der Waals surface area (Å²) < 4.78 is 10.5. The van der Waals surface area contributed by atoms with Crippen LogP contribution in [0.1, 0.15) is 5.56 Å². The summed E-state index contributed by atoms with van der Waals surface area (Å²) in [6.07, 6.45) is 1.51. The lowest BCUT2D eigenvalue weighted by atomic mass is 10.2. The topological polar surface area (TPSA) is 105 Å². The zero-order valence-corrected chi connectivity index (χ0v) is 12.5. The Morgan fingerprint density at radius 3 is 2.78 bits per heavy atom. The van der Waals surface area contributed by atoms with Gasteiger partial charge in [0.15, 0.2) is 5.76 Å². The Bertz CT molecular complexity index is 834. The molecule has 0 unspecified atom stereocenters. The van der Waals surface area contributed by atoms with Crippen molar-refractivity contribution >= 4 is 23.4 Å². The van der Waals surface area contributed by atoms with Gasteiger partial charge in [0.25, 0.3) is 11.1 Å². The van der Waals surface area contributed by atoms with E-state index in [1.54, 1.807) is 36.4 Å². The number of nitrogens with zero attached hydrogens (tertiary/aromatic N) is 3. The fourth-order valence-corrected chi connectivity index (χ4v) is 2.28. The predicted octanol–water partition coefficient (Wildman–Crippen LogP) is 2.93. The highest BCUT2D eigenvalue weighted by atomic mass is 32.2. The number of benzene rings is 1. The van der Waals surface area contributed by atoms with Crippen LogP contribution in [-0.2, 0) is 4.79 Å². The molecule has 8 heteroatoms. The first-order valence-electron chi connectivity index (χ1n) is 6.55. The molecule has 3 rings (SSSR count). The second kappa shape index (κ2) is 6.81. The highest BCUT2D eigenvalue weighted by Crippen LogP contribution is 2.23. The molecule has 0 saturated carbocycles. The fraction of sp³-hybridized carbons (Fsp3) is 0.0667. The van der Waals surface area contributed by atoms with Crippen molar-refractivity contribution in [3.8, 4) is 17.7 Å². The minimum Gasteiger partial charge on any atom is -0.459 e. The molecule has 2 heterocycles. The van der Waals surface area contributed by atoms with Gasteiger partial charge in [0, 0.05) is 5.69 Å². The third-order valence-corrected chi connectivity index (χ3v) is 3.58. The van der Waals surface area contributed by atoms with Crippen molar-refractivity contribution < 1.29 is 13.6 Å². The third-order valence-electron chi connectivity index (χ3n) is 2.76. The van der Waals surface area contributed by atoms with Gasteiger partial charge in [-0.2, -0.15) is 5.26 Å². The van der Waals surface area contributed by atoms with E-state index in [1.165, 1.54) is 6.26 Å². The number of nitrogens with one attached hydrogen (secondary N) is 1. The SMILES string of the molecule is N#Cc1ccc(NC(=O)CSc2nnc(-c3ccco3)o2)cc1. The molecule has 0 saturated heterocycles. The second-order valence-corrected chi connectivity index (χ2v) is 5.30. The van der Waals surface area contributed by atoms with Gasteiger partial charge in [-0.15, -0.1) is 10.2 Å². The molecular weight excluding hydrogens is 316 g/mol. The number of hydrogen-bond donors (Lipinski definition) is 1. The van der Waals surface area contributed by atoms with E-state index >= 15 is 0 Å². The summed E-state index contributed by atoms with van der Waals surface area (Å²) in [4.78, 5) is 11.9. The predicted molar refractivity (Wildman–Crippen MR) is 82.5 cm³/mol. The molecule has 0 atom stereocenters. The maximum Gasteiger partial charge on any atom is 0.284 e. The van der Waals surface area contributed by atoms with Crippen molar-refractivity contribution in [2.24, 2.45) is 0 Å². The molecule has 0 aliphatic rings. The number of carbonyl (C=O) groups is 1. The summed E-state index contributed by atoms with van der Waals surface area (Å²) in [5.74, 6) is 0.661. The molecular formula is C15H10N4O3S. The number of amides is 1. The lowest BCUT2D eigenvalue weighted by molar-refractivity contribution is -0.113. The molecule has 2 aromatic heterocycles. The maximum atomic E-state index is 11.9. The van der Waals surface area contributed by atoms with Gasteiger partial charge in [0.05, 0.1) is 23.6 Å². The zero-order valence-electron chi connectivity index (χ0n) is 11.7. The van der Waals surface area contributed by atoms with Crippen LogP contribution in [0.2, 0.25) is 0 Å². The van der Waals surface area contributed by atoms with Crippen LogP contribution in [0.3, 0.4) is 0 Å². The minimum atomic E-state index is -0.211. The van der Waals surface area contributed by atoms with Crippen LogP contribution in [0.5, 0.6) is 0 Å². The van der Waals surface area contributed by atoms with Gasteiger partial charge in [-0.1, -0.05) is 11.8 Å². The van der Waals surface area contributed by atoms with E-state index in [0.717, 1.165) is 11.8 Å². The maximum absolute atomic E-state index is 11.9. The van der Waals surface area contributed by atoms with Gasteiger partial charge in [-0.05, 0) is 36.4 Å². The number of hydrogen-bond acceptors (Lipinski definition) is 7. The molecule has 0 radical (unpaired) electrons. The standard InChI is InChI=1S/C15H10N4O3S/c16-8-10-3-5-11(6-4-10)17-13(20)9-23-15-19-18-14(22-15)12-2-1-7-21-12/h1-7H,9H2,(H,17,20). The Balaban J connectivity index is 1.53. The van der Waals surface area contributed by atoms with E-state index < -0.39 is 0 Å². The Kier molecular flexibility index (Phi) is 4.40. The van der Waals surface area contributed by atoms with E-state index in [-0.39, 0.29) is 22.8 Å². The van der Waals surface area contributed by atoms with E-state index in [9.17, 15) is 4.79 Å². The quantitative estimate of drug-likeness (QED) is 0.718. The van der Waals surface area contributed by atoms with Crippen molar-refractivity contribution in [2.45, 2.75) is 5.22 Å². The monoisotopic (exact) mass is 326 g/mol. The number of furan rings is 1. The average Bonchev–Trinajstić information content (AvgIpc) is 3.25. The number of anilines is 1. The first-order chi connectivity index (χ1) is 11.2. The van der Waals surface area contributed by atoms with Crippen molar-refractivity contribution in [2.75, 3.05) is 11.1 Å². The third kappa shape index (κ3) is 3.78. The molecule has 23 heavy (non-hydrogen) atoms. The lowest BCUT2D eigenvalue weighted by Crippen LogP contribution is -2.13. The smallest absolute Gasteiger partial charge is 0.284 e. The number of thioether (sulfide) groups is 1. The van der Waals surface area contributed by atoms with Gasteiger partial charge >= 0.3 is 0 Å². The van der Waals surface area contributed by atoms with E-state index in [2.05, 4.69) is 15.5 Å². The van der Waals surface area contributed by atoms with Crippen molar-refractivity contribution in [3.63, 3.8) is 0 Å². The Labute approximate surface area is 135 Å². The summed E-state index contributed by atoms with van der Waals surface area (Å²) >= 11 is 1.13. The number of nitriles is 1. The number of rotatable bonds is 5. The Hall–Kier alpha value is -3.05. The summed E-state index contributed by atoms with van der Waals surface area (Å²) in [7, 11) is 0. The highest BCUT2D eigenvalue weighted by molar-refractivity contribution is 7.99. The average molecular weight is 326 g/mol. The summed E-state index contributed by atoms with van der Waals surface area (Å²) in [6.45, 7) is 0. The molecule has 1 N–H and O–H groups in total. The van der Waals surface area contributed by atoms with Crippen molar-refractivity contribution in [3.05, 3.63) is 48.2 Å². The molecule has 114 valence electrons. The van der Waals surface area contributed by atoms with E-state index in [1.807, 2.05) is 6.07 Å². The van der Waals surface area contributed by atoms with Crippen LogP contribution in [0.15, 0.2) is 56.7 Å². The highest BCUT2D eigenvalue weighted by Gasteiger charge is 2.12. The molecule has 1 amide bonds. The molecule has 0 spiro atoms. The molecule has 0 bridgehead atoms. The first-order valence-corrected chi connectivity index (χ1v) is 7.53. The molecule has 0 aliphatic carbocycles. The Morgan fingerprint density at radius 2 is 2.09 bits per heavy atom. The molecule has 0 aliphatic heterocycles. The molecule has 3 aromatic rings. The normalized spacial score (nSPS) is 10.2. The van der Waals surface area contributed by atoms with E-state index in [4.69, 9.17) is 14.1 Å². The zero-order chi connectivity index (χ0) is 16.1. The molecule has 1 aromatic carbocycles. The summed E-state index contributed by atoms with van der Waals surface area (Å²) in [5, 5.41) is 19.4. The van der Waals surface area contributed by atoms with Crippen LogP contribution >= 0.6 is 11.8 Å². The van der Waals surface area contributed by atoms with Crippen LogP contribution in [0.4, 0.5) is 5.69 Å². The van der Waals surface area contributed by atoms with Gasteiger partial charge in [-0.3, -0.25) is 4.79 Å². The fourth-order valence-electron chi connectivity index (χ4n) is 1.72. The minimum absolute atomic E-state index is 0.125. The second-order valence-electron chi connectivity index (χ2n) is 4.38. The first kappa shape index (κ1) is 14.9. The number of carbonyl (C=O) groups excluding carboxylic acids is 1. The number of aromatic nitrogens is 2. The van der Waals surface area contributed by atoms with Crippen LogP contribution in [0, 0.1) is 11.3 Å². The summed E-state index contributed by atoms with van der Waals surface area (Å²) in [6, 6.07) is 12.1. The van der Waals surface area contributed by atoms with Crippen LogP contribution in [-0.4, -0.2) is 21.9 Å². The van der Waals surface area contributed by atoms with E-state index in [0.29, 0.717) is 17.0 Å². The van der Waals surface area contributed by atoms with Gasteiger partial charge in [0.1, 0.15) is 0 Å². The van der Waals surface area contributed by atoms with Gasteiger partial charge in [-0.25, -0.2) is 0 Å². The van der Waals surface area contributed by atoms with Gasteiger partial charge in [0.2, 0.25) is 5.91 Å². The van der Waals surface area contributed by atoms with Crippen LogP contribution < -0.4 is 5.32 Å². The Morgan fingerprint density at radius 1 is 1.26 bits per heavy atom.